The normalized spacial score (nSPS) is 32.0. The molecule has 2 aliphatic rings. The maximum atomic E-state index is 4.62. The van der Waals surface area contributed by atoms with Gasteiger partial charge >= 0.3 is 0 Å². The third-order valence-electron chi connectivity index (χ3n) is 2.28. The van der Waals surface area contributed by atoms with Crippen molar-refractivity contribution in [1.82, 2.24) is 10.2 Å². The van der Waals surface area contributed by atoms with E-state index < -0.39 is 0 Å². The first kappa shape index (κ1) is 10.1. The lowest BCUT2D eigenvalue weighted by atomic mass is 10.1. The van der Waals surface area contributed by atoms with E-state index in [4.69, 9.17) is 0 Å². The van der Waals surface area contributed by atoms with Gasteiger partial charge in [-0.2, -0.15) is 0 Å². The Morgan fingerprint density at radius 1 is 1.40 bits per heavy atom. The fourth-order valence-corrected chi connectivity index (χ4v) is 1.67. The maximum absolute atomic E-state index is 4.62. The Morgan fingerprint density at radius 2 is 2.13 bits per heavy atom. The van der Waals surface area contributed by atoms with Gasteiger partial charge in [0.05, 0.1) is 18.2 Å². The van der Waals surface area contributed by atoms with Crippen molar-refractivity contribution in [3.05, 3.63) is 0 Å². The number of nitrogens with zero attached hydrogens (tertiary/aromatic N) is 4. The number of rotatable bonds is 0. The molecule has 5 heteroatoms. The first-order valence-electron chi connectivity index (χ1n) is 5.10. The smallest absolute Gasteiger partial charge is 0.153 e. The molecule has 2 rings (SSSR count). The molecule has 2 unspecified atom stereocenters. The number of aliphatic imine (C=N–C) groups is 3. The Labute approximate surface area is 90.0 Å². The number of amidine groups is 1. The van der Waals surface area contributed by atoms with Crippen LogP contribution in [-0.2, 0) is 0 Å². The third-order valence-corrected chi connectivity index (χ3v) is 2.28. The minimum Gasteiger partial charge on any atom is -0.342 e. The van der Waals surface area contributed by atoms with E-state index in [1.165, 1.54) is 0 Å². The molecule has 0 aromatic rings. The molecule has 0 aromatic carbocycles. The highest BCUT2D eigenvalue weighted by Crippen LogP contribution is 2.18. The predicted molar refractivity (Wildman–Crippen MR) is 62.6 cm³/mol. The average molecular weight is 207 g/mol. The summed E-state index contributed by atoms with van der Waals surface area (Å²) < 4.78 is 0. The standard InChI is InChI=1S/C10H17N5/c1-10(2,3)14-8-7-9(12-5-11-8)15(4)6-13-7/h5-7,9H,1-4H3,(H,11,12,14). The number of likely N-dealkylation sites (N-methyl/N-ethyl adjacent to an activating group) is 1. The Morgan fingerprint density at radius 3 is 2.80 bits per heavy atom. The summed E-state index contributed by atoms with van der Waals surface area (Å²) in [4.78, 5) is 15.4. The highest BCUT2D eigenvalue weighted by Gasteiger charge is 2.34. The van der Waals surface area contributed by atoms with E-state index in [1.54, 1.807) is 6.34 Å². The second-order valence-corrected chi connectivity index (χ2v) is 4.88. The predicted octanol–water partition coefficient (Wildman–Crippen LogP) is 0.483. The molecule has 0 aromatic heterocycles. The van der Waals surface area contributed by atoms with Crippen molar-refractivity contribution in [2.75, 3.05) is 7.05 Å². The molecular weight excluding hydrogens is 190 g/mol. The van der Waals surface area contributed by atoms with Crippen molar-refractivity contribution in [1.29, 1.82) is 0 Å². The van der Waals surface area contributed by atoms with Crippen LogP contribution in [0.15, 0.2) is 15.0 Å². The minimum atomic E-state index is -0.0885. The molecule has 0 aliphatic carbocycles. The van der Waals surface area contributed by atoms with Gasteiger partial charge in [-0.3, -0.25) is 9.98 Å². The molecular formula is C10H17N5. The summed E-state index contributed by atoms with van der Waals surface area (Å²) in [6.45, 7) is 6.22. The minimum absolute atomic E-state index is 0.0271. The van der Waals surface area contributed by atoms with Crippen LogP contribution in [0.5, 0.6) is 0 Å². The molecule has 0 fully saturated rings. The zero-order valence-electron chi connectivity index (χ0n) is 9.60. The summed E-state index contributed by atoms with van der Waals surface area (Å²) >= 11 is 0. The van der Waals surface area contributed by atoms with Crippen LogP contribution in [0.25, 0.3) is 0 Å². The highest BCUT2D eigenvalue weighted by atomic mass is 15.3. The zero-order chi connectivity index (χ0) is 11.1. The molecule has 2 heterocycles. The van der Waals surface area contributed by atoms with Gasteiger partial charge in [-0.05, 0) is 20.8 Å². The fourth-order valence-electron chi connectivity index (χ4n) is 1.67. The lowest BCUT2D eigenvalue weighted by Gasteiger charge is -2.27. The Bertz CT molecular complexity index is 336. The van der Waals surface area contributed by atoms with Crippen LogP contribution in [0.2, 0.25) is 0 Å². The van der Waals surface area contributed by atoms with Crippen molar-refractivity contribution >= 4 is 18.5 Å². The van der Waals surface area contributed by atoms with Crippen LogP contribution in [0.1, 0.15) is 20.8 Å². The highest BCUT2D eigenvalue weighted by molar-refractivity contribution is 6.00. The fraction of sp³-hybridized carbons (Fsp3) is 0.700. The van der Waals surface area contributed by atoms with Gasteiger partial charge in [0.2, 0.25) is 0 Å². The number of nitrogens with one attached hydrogen (secondary N) is 1. The first-order chi connectivity index (χ1) is 6.97. The average Bonchev–Trinajstić information content (AvgIpc) is 2.47. The van der Waals surface area contributed by atoms with Crippen LogP contribution >= 0.6 is 0 Å². The first-order valence-corrected chi connectivity index (χ1v) is 5.10. The van der Waals surface area contributed by atoms with E-state index in [-0.39, 0.29) is 17.7 Å². The monoisotopic (exact) mass is 207 g/mol. The van der Waals surface area contributed by atoms with Crippen LogP contribution in [0.3, 0.4) is 0 Å². The molecule has 0 saturated carbocycles. The molecule has 2 aliphatic heterocycles. The molecule has 0 radical (unpaired) electrons. The van der Waals surface area contributed by atoms with Crippen molar-refractivity contribution in [3.63, 3.8) is 0 Å². The Kier molecular flexibility index (Phi) is 2.25. The maximum Gasteiger partial charge on any atom is 0.153 e. The molecule has 5 nitrogen and oxygen atoms in total. The number of hydrogen-bond acceptors (Lipinski definition) is 4. The van der Waals surface area contributed by atoms with Crippen molar-refractivity contribution in [3.8, 4) is 0 Å². The Balaban J connectivity index is 2.27. The molecule has 2 atom stereocenters. The van der Waals surface area contributed by atoms with E-state index in [9.17, 15) is 0 Å². The SMILES string of the molecule is CN1C=NC2C(=NC(C)(C)C)NC=NC21. The van der Waals surface area contributed by atoms with E-state index in [1.807, 2.05) is 18.3 Å². The van der Waals surface area contributed by atoms with Gasteiger partial charge in [-0.25, -0.2) is 4.99 Å². The molecule has 15 heavy (non-hydrogen) atoms. The quantitative estimate of drug-likeness (QED) is 0.628. The van der Waals surface area contributed by atoms with Gasteiger partial charge in [-0.1, -0.05) is 0 Å². The van der Waals surface area contributed by atoms with Crippen molar-refractivity contribution in [2.24, 2.45) is 15.0 Å². The van der Waals surface area contributed by atoms with E-state index in [0.717, 1.165) is 5.84 Å². The molecule has 0 saturated heterocycles. The van der Waals surface area contributed by atoms with Gasteiger partial charge in [-0.15, -0.1) is 0 Å². The second-order valence-electron chi connectivity index (χ2n) is 4.88. The summed E-state index contributed by atoms with van der Waals surface area (Å²) in [6, 6.07) is 0.0271. The molecule has 0 bridgehead atoms. The van der Waals surface area contributed by atoms with E-state index in [0.29, 0.717) is 0 Å². The van der Waals surface area contributed by atoms with Gasteiger partial charge in [0.25, 0.3) is 0 Å². The third kappa shape index (κ3) is 2.00. The summed E-state index contributed by atoms with van der Waals surface area (Å²) in [5, 5.41) is 3.09. The number of fused-ring (bicyclic) bond motifs is 1. The van der Waals surface area contributed by atoms with Gasteiger partial charge in [0, 0.05) is 7.05 Å². The van der Waals surface area contributed by atoms with Crippen LogP contribution in [0.4, 0.5) is 0 Å². The van der Waals surface area contributed by atoms with E-state index in [2.05, 4.69) is 41.1 Å². The van der Waals surface area contributed by atoms with Crippen LogP contribution in [-0.4, -0.2) is 48.2 Å². The van der Waals surface area contributed by atoms with Crippen molar-refractivity contribution < 1.29 is 0 Å². The lowest BCUT2D eigenvalue weighted by molar-refractivity contribution is 0.395. The van der Waals surface area contributed by atoms with Crippen LogP contribution < -0.4 is 5.32 Å². The largest absolute Gasteiger partial charge is 0.342 e. The lowest BCUT2D eigenvalue weighted by Crippen LogP contribution is -2.47. The molecule has 1 N–H and O–H groups in total. The van der Waals surface area contributed by atoms with Gasteiger partial charge < -0.3 is 10.2 Å². The topological polar surface area (TPSA) is 52.4 Å². The zero-order valence-corrected chi connectivity index (χ0v) is 9.60. The molecule has 82 valence electrons. The molecule has 0 spiro atoms. The Hall–Kier alpha value is -1.39. The summed E-state index contributed by atoms with van der Waals surface area (Å²) in [7, 11) is 1.98. The van der Waals surface area contributed by atoms with E-state index >= 15 is 0 Å². The summed E-state index contributed by atoms with van der Waals surface area (Å²) in [6.07, 6.45) is 3.60. The van der Waals surface area contributed by atoms with Crippen molar-refractivity contribution in [2.45, 2.75) is 38.5 Å². The second kappa shape index (κ2) is 3.32. The summed E-state index contributed by atoms with van der Waals surface area (Å²) in [5.74, 6) is 0.906. The van der Waals surface area contributed by atoms with Gasteiger partial charge in [0.1, 0.15) is 11.9 Å². The number of hydrogen-bond donors (Lipinski definition) is 1. The van der Waals surface area contributed by atoms with Crippen LogP contribution in [0, 0.1) is 0 Å². The van der Waals surface area contributed by atoms with Gasteiger partial charge in [0.15, 0.2) is 6.17 Å². The summed E-state index contributed by atoms with van der Waals surface area (Å²) in [5.41, 5.74) is -0.0885. The molecule has 0 amide bonds.